The van der Waals surface area contributed by atoms with Crippen molar-refractivity contribution < 1.29 is 9.47 Å². The molecule has 0 N–H and O–H groups in total. The molecule has 0 saturated carbocycles. The van der Waals surface area contributed by atoms with Crippen LogP contribution < -0.4 is 25.0 Å². The van der Waals surface area contributed by atoms with E-state index >= 15 is 0 Å². The van der Waals surface area contributed by atoms with Gasteiger partial charge in [0.1, 0.15) is 23.0 Å². The first-order valence-electron chi connectivity index (χ1n) is 11.6. The second-order valence-corrected chi connectivity index (χ2v) is 14.5. The van der Waals surface area contributed by atoms with E-state index in [1.165, 1.54) is 15.6 Å². The first-order chi connectivity index (χ1) is 17.5. The molecule has 0 aliphatic carbocycles. The Kier molecular flexibility index (Phi) is 7.42. The van der Waals surface area contributed by atoms with Crippen molar-refractivity contribution in [3.05, 3.63) is 136 Å². The summed E-state index contributed by atoms with van der Waals surface area (Å²) in [5, 5.41) is 3.99. The SMILES string of the molecule is C[Si-](c1ccccc1)(c1ccc(Oc2ccc(Br)cc2)cc1)c1ccc(Oc2ccc(Br)cc2)cc1. The second-order valence-electron chi connectivity index (χ2n) is 8.65. The van der Waals surface area contributed by atoms with Crippen LogP contribution in [0.5, 0.6) is 23.0 Å². The van der Waals surface area contributed by atoms with Crippen molar-refractivity contribution in [3.8, 4) is 23.0 Å². The Bertz CT molecular complexity index is 1330. The molecule has 0 bridgehead atoms. The predicted molar refractivity (Wildman–Crippen MR) is 158 cm³/mol. The van der Waals surface area contributed by atoms with Crippen molar-refractivity contribution in [1.82, 2.24) is 0 Å². The first kappa shape index (κ1) is 24.6. The molecule has 0 aliphatic rings. The Morgan fingerprint density at radius 2 is 0.722 bits per heavy atom. The maximum absolute atomic E-state index is 6.07. The molecule has 36 heavy (non-hydrogen) atoms. The zero-order valence-corrected chi connectivity index (χ0v) is 23.9. The van der Waals surface area contributed by atoms with Gasteiger partial charge in [-0.25, -0.2) is 0 Å². The molecule has 0 fully saturated rings. The van der Waals surface area contributed by atoms with Gasteiger partial charge in [0.15, 0.2) is 0 Å². The summed E-state index contributed by atoms with van der Waals surface area (Å²) in [6.45, 7) is 2.40. The Hall–Kier alpha value is -3.12. The third-order valence-electron chi connectivity index (χ3n) is 6.31. The fraction of sp³-hybridized carbons (Fsp3) is 0.0323. The molecule has 179 valence electrons. The van der Waals surface area contributed by atoms with Crippen molar-refractivity contribution >= 4 is 55.5 Å². The molecule has 5 aromatic rings. The summed E-state index contributed by atoms with van der Waals surface area (Å²) in [7, 11) is -2.25. The number of ether oxygens (including phenoxy) is 2. The van der Waals surface area contributed by atoms with Crippen LogP contribution >= 0.6 is 31.9 Å². The van der Waals surface area contributed by atoms with E-state index in [1.807, 2.05) is 48.5 Å². The molecule has 2 nitrogen and oxygen atoms in total. The molecule has 0 heterocycles. The standard InChI is InChI=1S/C31H24Br2O2Si/c1-36(29-5-3-2-4-6-29,30-19-15-27(16-20-30)34-25-11-7-23(32)8-12-25)31-21-17-28(18-22-31)35-26-13-9-24(33)10-14-26/h2-22H,1H3/q-1. The summed E-state index contributed by atoms with van der Waals surface area (Å²) >= 11 is 6.94. The fourth-order valence-corrected chi connectivity index (χ4v) is 8.32. The summed E-state index contributed by atoms with van der Waals surface area (Å²) in [5.41, 5.74) is 0. The quantitative estimate of drug-likeness (QED) is 0.137. The van der Waals surface area contributed by atoms with Crippen LogP contribution in [0.1, 0.15) is 0 Å². The van der Waals surface area contributed by atoms with Gasteiger partial charge in [0, 0.05) is 8.95 Å². The summed E-state index contributed by atoms with van der Waals surface area (Å²) in [6.07, 6.45) is 0. The molecule has 0 spiro atoms. The Morgan fingerprint density at radius 3 is 1.08 bits per heavy atom. The normalized spacial score (nSPS) is 11.2. The van der Waals surface area contributed by atoms with E-state index in [-0.39, 0.29) is 0 Å². The topological polar surface area (TPSA) is 18.5 Å². The van der Waals surface area contributed by atoms with Gasteiger partial charge in [0.25, 0.3) is 0 Å². The van der Waals surface area contributed by atoms with Crippen LogP contribution in [0.15, 0.2) is 136 Å². The summed E-state index contributed by atoms with van der Waals surface area (Å²) < 4.78 is 14.2. The number of benzene rings is 5. The van der Waals surface area contributed by atoms with E-state index in [9.17, 15) is 0 Å². The van der Waals surface area contributed by atoms with E-state index in [1.54, 1.807) is 0 Å². The van der Waals surface area contributed by atoms with Gasteiger partial charge >= 0.3 is 0 Å². The molecule has 5 rings (SSSR count). The van der Waals surface area contributed by atoms with Crippen LogP contribution in [0.3, 0.4) is 0 Å². The lowest BCUT2D eigenvalue weighted by atomic mass is 10.3. The van der Waals surface area contributed by atoms with Gasteiger partial charge in [-0.15, -0.1) is 0 Å². The van der Waals surface area contributed by atoms with Gasteiger partial charge in [0.05, 0.1) is 0 Å². The minimum Gasteiger partial charge on any atom is -0.457 e. The Labute approximate surface area is 229 Å². The third-order valence-corrected chi connectivity index (χ3v) is 11.8. The number of halogens is 2. The van der Waals surface area contributed by atoms with E-state index in [0.717, 1.165) is 31.9 Å². The number of hydrogen-bond acceptors (Lipinski definition) is 2. The van der Waals surface area contributed by atoms with Gasteiger partial charge in [-0.3, -0.25) is 0 Å². The average Bonchev–Trinajstić information content (AvgIpc) is 2.92. The molecule has 0 aromatic heterocycles. The molecule has 0 aliphatic heterocycles. The molecular weight excluding hydrogens is 592 g/mol. The van der Waals surface area contributed by atoms with Crippen LogP contribution in [-0.2, 0) is 0 Å². The highest BCUT2D eigenvalue weighted by Crippen LogP contribution is 2.25. The molecule has 5 heteroatoms. The second kappa shape index (κ2) is 10.9. The van der Waals surface area contributed by atoms with E-state index in [2.05, 4.69) is 117 Å². The Morgan fingerprint density at radius 1 is 0.417 bits per heavy atom. The predicted octanol–water partition coefficient (Wildman–Crippen LogP) is 7.90. The van der Waals surface area contributed by atoms with Gasteiger partial charge < -0.3 is 9.47 Å². The van der Waals surface area contributed by atoms with Gasteiger partial charge in [-0.05, 0) is 72.8 Å². The highest BCUT2D eigenvalue weighted by molar-refractivity contribution is 9.10. The Balaban J connectivity index is 1.45. The molecule has 5 aromatic carbocycles. The number of hydrogen-bond donors (Lipinski definition) is 0. The van der Waals surface area contributed by atoms with Crippen LogP contribution in [0.2, 0.25) is 6.55 Å². The van der Waals surface area contributed by atoms with Crippen LogP contribution in [0, 0.1) is 0 Å². The third kappa shape index (κ3) is 5.49. The van der Waals surface area contributed by atoms with E-state index in [4.69, 9.17) is 9.47 Å². The van der Waals surface area contributed by atoms with E-state index < -0.39 is 8.07 Å². The molecule has 0 saturated heterocycles. The monoisotopic (exact) mass is 614 g/mol. The first-order valence-corrected chi connectivity index (χ1v) is 15.7. The zero-order valence-electron chi connectivity index (χ0n) is 19.7. The lowest BCUT2D eigenvalue weighted by Gasteiger charge is -2.42. The summed E-state index contributed by atoms with van der Waals surface area (Å²) in [6, 6.07) is 43.6. The lowest BCUT2D eigenvalue weighted by Crippen LogP contribution is -2.64. The van der Waals surface area contributed by atoms with Crippen LogP contribution in [0.25, 0.3) is 0 Å². The molecule has 0 unspecified atom stereocenters. The zero-order chi connectivity index (χ0) is 25.0. The maximum Gasteiger partial charge on any atom is 0.127 e. The van der Waals surface area contributed by atoms with Crippen molar-refractivity contribution in [1.29, 1.82) is 0 Å². The van der Waals surface area contributed by atoms with Crippen LogP contribution in [-0.4, -0.2) is 8.07 Å². The highest BCUT2D eigenvalue weighted by atomic mass is 79.9. The molecule has 0 radical (unpaired) electrons. The number of rotatable bonds is 7. The van der Waals surface area contributed by atoms with Crippen molar-refractivity contribution in [2.75, 3.05) is 0 Å². The van der Waals surface area contributed by atoms with E-state index in [0.29, 0.717) is 0 Å². The van der Waals surface area contributed by atoms with Crippen LogP contribution in [0.4, 0.5) is 0 Å². The van der Waals surface area contributed by atoms with Gasteiger partial charge in [-0.2, -0.15) is 22.1 Å². The minimum atomic E-state index is -2.25. The van der Waals surface area contributed by atoms with Crippen molar-refractivity contribution in [2.24, 2.45) is 0 Å². The summed E-state index contributed by atoms with van der Waals surface area (Å²) in [4.78, 5) is 0. The van der Waals surface area contributed by atoms with Crippen molar-refractivity contribution in [3.63, 3.8) is 0 Å². The van der Waals surface area contributed by atoms with Gasteiger partial charge in [-0.1, -0.05) is 94.5 Å². The molecule has 0 atom stereocenters. The maximum atomic E-state index is 6.07. The largest absolute Gasteiger partial charge is 0.457 e. The highest BCUT2D eigenvalue weighted by Gasteiger charge is 2.21. The van der Waals surface area contributed by atoms with Gasteiger partial charge in [0.2, 0.25) is 0 Å². The fourth-order valence-electron chi connectivity index (χ4n) is 4.26. The smallest absolute Gasteiger partial charge is 0.127 e. The minimum absolute atomic E-state index is 0.815. The lowest BCUT2D eigenvalue weighted by molar-refractivity contribution is 0.482. The average molecular weight is 616 g/mol. The van der Waals surface area contributed by atoms with Crippen molar-refractivity contribution in [2.45, 2.75) is 6.55 Å². The molecule has 0 amide bonds. The summed E-state index contributed by atoms with van der Waals surface area (Å²) in [5.74, 6) is 3.28. The molecular formula is C31H24Br2O2Si-.